The van der Waals surface area contributed by atoms with Crippen LogP contribution in [0.3, 0.4) is 0 Å². The lowest BCUT2D eigenvalue weighted by Crippen LogP contribution is -2.46. The maximum atomic E-state index is 12.4. The molecule has 1 amide bonds. The van der Waals surface area contributed by atoms with Crippen LogP contribution in [0.2, 0.25) is 0 Å². The Morgan fingerprint density at radius 2 is 1.96 bits per heavy atom. The van der Waals surface area contributed by atoms with Gasteiger partial charge in [0.15, 0.2) is 5.13 Å². The Morgan fingerprint density at radius 1 is 1.21 bits per heavy atom. The Bertz CT molecular complexity index is 563. The first-order valence-corrected chi connectivity index (χ1v) is 10.1. The van der Waals surface area contributed by atoms with Crippen molar-refractivity contribution in [3.05, 3.63) is 10.6 Å². The van der Waals surface area contributed by atoms with Crippen LogP contribution < -0.4 is 4.90 Å². The van der Waals surface area contributed by atoms with Crippen LogP contribution in [-0.2, 0) is 17.8 Å². The van der Waals surface area contributed by atoms with Gasteiger partial charge in [-0.1, -0.05) is 32.1 Å². The van der Waals surface area contributed by atoms with Gasteiger partial charge in [0, 0.05) is 50.4 Å². The van der Waals surface area contributed by atoms with E-state index in [1.165, 1.54) is 10.6 Å². The van der Waals surface area contributed by atoms with Gasteiger partial charge in [0.2, 0.25) is 5.91 Å². The topological polar surface area (TPSA) is 39.7 Å². The number of aromatic nitrogens is 1. The highest BCUT2D eigenvalue weighted by atomic mass is 32.1. The molecule has 134 valence electrons. The normalized spacial score (nSPS) is 19.0. The zero-order chi connectivity index (χ0) is 17.1. The fourth-order valence-corrected chi connectivity index (χ4v) is 4.53. The number of rotatable bonds is 5. The molecule has 0 radical (unpaired) electrons. The molecule has 1 aromatic heterocycles. The highest BCUT2D eigenvalue weighted by molar-refractivity contribution is 7.15. The standard InChI is InChI=1S/C18H30N4OS/c1-4-20-9-11-21(12-10-20)18-19-15-7-8-22(13-16(15)24-18)17(23)6-5-14(2)3/h14H,4-13H2,1-3H3. The predicted molar refractivity (Wildman–Crippen MR) is 99.6 cm³/mol. The van der Waals surface area contributed by atoms with Crippen LogP contribution in [0.5, 0.6) is 0 Å². The summed E-state index contributed by atoms with van der Waals surface area (Å²) in [5, 5.41) is 1.16. The molecule has 24 heavy (non-hydrogen) atoms. The van der Waals surface area contributed by atoms with Crippen molar-refractivity contribution in [1.82, 2.24) is 14.8 Å². The largest absolute Gasteiger partial charge is 0.346 e. The third-order valence-corrected chi connectivity index (χ3v) is 6.24. The van der Waals surface area contributed by atoms with E-state index in [-0.39, 0.29) is 0 Å². The number of likely N-dealkylation sites (N-methyl/N-ethyl adjacent to an activating group) is 1. The van der Waals surface area contributed by atoms with Crippen molar-refractivity contribution in [3.8, 4) is 0 Å². The minimum absolute atomic E-state index is 0.306. The molecule has 0 aliphatic carbocycles. The van der Waals surface area contributed by atoms with Gasteiger partial charge in [-0.05, 0) is 18.9 Å². The van der Waals surface area contributed by atoms with Gasteiger partial charge in [0.05, 0.1) is 12.2 Å². The van der Waals surface area contributed by atoms with E-state index in [1.807, 2.05) is 4.90 Å². The van der Waals surface area contributed by atoms with Crippen LogP contribution in [0.15, 0.2) is 0 Å². The number of carbonyl (C=O) groups is 1. The first kappa shape index (κ1) is 17.7. The number of nitrogens with zero attached hydrogens (tertiary/aromatic N) is 4. The number of hydrogen-bond acceptors (Lipinski definition) is 5. The second-order valence-electron chi connectivity index (χ2n) is 7.29. The highest BCUT2D eigenvalue weighted by Gasteiger charge is 2.26. The molecule has 2 aliphatic rings. The molecular formula is C18H30N4OS. The molecule has 0 saturated carbocycles. The average molecular weight is 351 g/mol. The van der Waals surface area contributed by atoms with Gasteiger partial charge in [0.25, 0.3) is 0 Å². The molecular weight excluding hydrogens is 320 g/mol. The van der Waals surface area contributed by atoms with Gasteiger partial charge in [-0.2, -0.15) is 0 Å². The van der Waals surface area contributed by atoms with Crippen LogP contribution >= 0.6 is 11.3 Å². The van der Waals surface area contributed by atoms with Crippen molar-refractivity contribution < 1.29 is 4.79 Å². The van der Waals surface area contributed by atoms with E-state index >= 15 is 0 Å². The number of thiazole rings is 1. The Hall–Kier alpha value is -1.14. The number of hydrogen-bond donors (Lipinski definition) is 0. The molecule has 0 atom stereocenters. The minimum Gasteiger partial charge on any atom is -0.346 e. The summed E-state index contributed by atoms with van der Waals surface area (Å²) in [5.41, 5.74) is 1.22. The Labute approximate surface area is 149 Å². The summed E-state index contributed by atoms with van der Waals surface area (Å²) in [7, 11) is 0. The smallest absolute Gasteiger partial charge is 0.222 e. The lowest BCUT2D eigenvalue weighted by atomic mass is 10.1. The average Bonchev–Trinajstić information content (AvgIpc) is 3.02. The maximum absolute atomic E-state index is 12.4. The predicted octanol–water partition coefficient (Wildman–Crippen LogP) is 2.61. The van der Waals surface area contributed by atoms with Crippen molar-refractivity contribution >= 4 is 22.4 Å². The first-order valence-electron chi connectivity index (χ1n) is 9.30. The van der Waals surface area contributed by atoms with Crippen LogP contribution in [0.1, 0.15) is 44.2 Å². The first-order chi connectivity index (χ1) is 11.6. The minimum atomic E-state index is 0.306. The van der Waals surface area contributed by atoms with Crippen molar-refractivity contribution in [2.45, 2.75) is 46.6 Å². The van der Waals surface area contributed by atoms with E-state index in [0.29, 0.717) is 18.2 Å². The second-order valence-corrected chi connectivity index (χ2v) is 8.35. The SMILES string of the molecule is CCN1CCN(c2nc3c(s2)CN(C(=O)CCC(C)C)CC3)CC1. The molecule has 0 unspecified atom stereocenters. The molecule has 6 heteroatoms. The maximum Gasteiger partial charge on any atom is 0.222 e. The fourth-order valence-electron chi connectivity index (χ4n) is 3.36. The van der Waals surface area contributed by atoms with E-state index in [0.717, 1.165) is 63.8 Å². The van der Waals surface area contributed by atoms with Crippen LogP contribution in [0.25, 0.3) is 0 Å². The summed E-state index contributed by atoms with van der Waals surface area (Å²) >= 11 is 1.80. The van der Waals surface area contributed by atoms with Crippen molar-refractivity contribution in [2.24, 2.45) is 5.92 Å². The van der Waals surface area contributed by atoms with Crippen molar-refractivity contribution in [2.75, 3.05) is 44.2 Å². The summed E-state index contributed by atoms with van der Waals surface area (Å²) in [6.07, 6.45) is 2.57. The third kappa shape index (κ3) is 4.09. The Balaban J connectivity index is 1.59. The van der Waals surface area contributed by atoms with E-state index in [1.54, 1.807) is 11.3 Å². The van der Waals surface area contributed by atoms with E-state index in [4.69, 9.17) is 4.98 Å². The second kappa shape index (κ2) is 7.83. The number of fused-ring (bicyclic) bond motifs is 1. The van der Waals surface area contributed by atoms with Crippen molar-refractivity contribution in [3.63, 3.8) is 0 Å². The number of anilines is 1. The molecule has 0 aromatic carbocycles. The van der Waals surface area contributed by atoms with Gasteiger partial charge >= 0.3 is 0 Å². The molecule has 1 fully saturated rings. The van der Waals surface area contributed by atoms with Gasteiger partial charge < -0.3 is 14.7 Å². The fraction of sp³-hybridized carbons (Fsp3) is 0.778. The summed E-state index contributed by atoms with van der Waals surface area (Å²) in [4.78, 5) is 25.5. The summed E-state index contributed by atoms with van der Waals surface area (Å²) in [6.45, 7) is 13.7. The van der Waals surface area contributed by atoms with Crippen LogP contribution in [0, 0.1) is 5.92 Å². The number of amides is 1. The molecule has 3 rings (SSSR count). The summed E-state index contributed by atoms with van der Waals surface area (Å²) in [6, 6.07) is 0. The molecule has 1 aromatic rings. The molecule has 0 bridgehead atoms. The molecule has 0 spiro atoms. The molecule has 5 nitrogen and oxygen atoms in total. The highest BCUT2D eigenvalue weighted by Crippen LogP contribution is 2.31. The van der Waals surface area contributed by atoms with Crippen LogP contribution in [0.4, 0.5) is 5.13 Å². The van der Waals surface area contributed by atoms with Gasteiger partial charge in [-0.3, -0.25) is 4.79 Å². The quantitative estimate of drug-likeness (QED) is 0.818. The van der Waals surface area contributed by atoms with Gasteiger partial charge in [0.1, 0.15) is 0 Å². The summed E-state index contributed by atoms with van der Waals surface area (Å²) in [5.74, 6) is 0.895. The Morgan fingerprint density at radius 3 is 2.62 bits per heavy atom. The number of carbonyl (C=O) groups excluding carboxylic acids is 1. The van der Waals surface area contributed by atoms with Crippen LogP contribution in [-0.4, -0.2) is 60.0 Å². The lowest BCUT2D eigenvalue weighted by molar-refractivity contribution is -0.132. The van der Waals surface area contributed by atoms with E-state index < -0.39 is 0 Å². The van der Waals surface area contributed by atoms with Gasteiger partial charge in [-0.15, -0.1) is 0 Å². The molecule has 0 N–H and O–H groups in total. The lowest BCUT2D eigenvalue weighted by Gasteiger charge is -2.33. The third-order valence-electron chi connectivity index (χ3n) is 5.10. The Kier molecular flexibility index (Phi) is 5.76. The molecule has 3 heterocycles. The zero-order valence-corrected chi connectivity index (χ0v) is 16.1. The molecule has 1 saturated heterocycles. The summed E-state index contributed by atoms with van der Waals surface area (Å²) < 4.78 is 0. The van der Waals surface area contributed by atoms with Gasteiger partial charge in [-0.25, -0.2) is 4.98 Å². The van der Waals surface area contributed by atoms with E-state index in [2.05, 4.69) is 30.6 Å². The molecule has 2 aliphatic heterocycles. The number of piperazine rings is 1. The van der Waals surface area contributed by atoms with Crippen molar-refractivity contribution in [1.29, 1.82) is 0 Å². The monoisotopic (exact) mass is 350 g/mol. The zero-order valence-electron chi connectivity index (χ0n) is 15.3. The van der Waals surface area contributed by atoms with E-state index in [9.17, 15) is 4.79 Å².